The van der Waals surface area contributed by atoms with Gasteiger partial charge in [-0.3, -0.25) is 4.79 Å². The zero-order valence-corrected chi connectivity index (χ0v) is 9.48. The van der Waals surface area contributed by atoms with Gasteiger partial charge in [0.15, 0.2) is 0 Å². The lowest BCUT2D eigenvalue weighted by Crippen LogP contribution is -2.46. The van der Waals surface area contributed by atoms with Crippen LogP contribution < -0.4 is 0 Å². The average molecular weight is 211 g/mol. The topological polar surface area (TPSA) is 40.5 Å². The minimum absolute atomic E-state index is 0.255. The minimum atomic E-state index is -0.316. The summed E-state index contributed by atoms with van der Waals surface area (Å²) in [5.41, 5.74) is 0. The number of piperidine rings is 1. The van der Waals surface area contributed by atoms with Gasteiger partial charge in [-0.1, -0.05) is 13.3 Å². The second-order valence-electron chi connectivity index (χ2n) is 5.17. The summed E-state index contributed by atoms with van der Waals surface area (Å²) in [4.78, 5) is 13.7. The number of nitrogens with zero attached hydrogens (tertiary/aromatic N) is 1. The molecule has 1 aliphatic carbocycles. The molecule has 1 N–H and O–H groups in total. The van der Waals surface area contributed by atoms with Crippen LogP contribution in [0.4, 0.5) is 0 Å². The lowest BCUT2D eigenvalue weighted by molar-refractivity contribution is -0.137. The first-order valence-electron chi connectivity index (χ1n) is 6.12. The van der Waals surface area contributed by atoms with Crippen LogP contribution >= 0.6 is 0 Å². The van der Waals surface area contributed by atoms with Crippen molar-refractivity contribution in [1.29, 1.82) is 0 Å². The third kappa shape index (κ3) is 2.51. The first-order valence-corrected chi connectivity index (χ1v) is 6.12. The van der Waals surface area contributed by atoms with E-state index in [4.69, 9.17) is 0 Å². The second-order valence-corrected chi connectivity index (χ2v) is 5.17. The molecule has 0 spiro atoms. The molecule has 1 saturated carbocycles. The Morgan fingerprint density at radius 3 is 2.67 bits per heavy atom. The normalized spacial score (nSPS) is 32.5. The van der Waals surface area contributed by atoms with Crippen LogP contribution in [0, 0.1) is 11.8 Å². The zero-order valence-electron chi connectivity index (χ0n) is 9.48. The number of amides is 1. The van der Waals surface area contributed by atoms with Crippen molar-refractivity contribution in [3.8, 4) is 0 Å². The third-order valence-electron chi connectivity index (χ3n) is 3.96. The van der Waals surface area contributed by atoms with E-state index in [1.165, 1.54) is 19.3 Å². The highest BCUT2D eigenvalue weighted by Crippen LogP contribution is 2.30. The molecule has 1 amide bonds. The van der Waals surface area contributed by atoms with Crippen LogP contribution in [0.2, 0.25) is 0 Å². The summed E-state index contributed by atoms with van der Waals surface area (Å²) >= 11 is 0. The first-order chi connectivity index (χ1) is 7.16. The smallest absolute Gasteiger partial charge is 0.222 e. The molecule has 15 heavy (non-hydrogen) atoms. The molecule has 86 valence electrons. The van der Waals surface area contributed by atoms with E-state index in [-0.39, 0.29) is 12.0 Å². The van der Waals surface area contributed by atoms with Crippen LogP contribution in [0.1, 0.15) is 39.0 Å². The number of aliphatic hydroxyl groups excluding tert-OH is 1. The largest absolute Gasteiger partial charge is 0.391 e. The van der Waals surface area contributed by atoms with Crippen molar-refractivity contribution in [2.24, 2.45) is 11.8 Å². The van der Waals surface area contributed by atoms with Crippen LogP contribution in [-0.2, 0) is 4.79 Å². The predicted molar refractivity (Wildman–Crippen MR) is 58.3 cm³/mol. The lowest BCUT2D eigenvalue weighted by Gasteiger charge is -2.36. The summed E-state index contributed by atoms with van der Waals surface area (Å²) in [5, 5.41) is 9.71. The van der Waals surface area contributed by atoms with Crippen molar-refractivity contribution in [2.45, 2.75) is 45.1 Å². The van der Waals surface area contributed by atoms with Crippen molar-refractivity contribution in [2.75, 3.05) is 13.1 Å². The summed E-state index contributed by atoms with van der Waals surface area (Å²) in [6, 6.07) is 0. The highest BCUT2D eigenvalue weighted by Gasteiger charge is 2.29. The Labute approximate surface area is 91.5 Å². The number of aliphatic hydroxyl groups is 1. The molecule has 2 rings (SSSR count). The Hall–Kier alpha value is -0.570. The molecular weight excluding hydrogens is 190 g/mol. The predicted octanol–water partition coefficient (Wildman–Crippen LogP) is 1.41. The molecule has 0 aromatic carbocycles. The molecule has 0 aromatic rings. The maximum atomic E-state index is 11.9. The number of hydrogen-bond donors (Lipinski definition) is 1. The minimum Gasteiger partial charge on any atom is -0.391 e. The summed E-state index contributed by atoms with van der Waals surface area (Å²) in [6.45, 7) is 3.44. The molecule has 2 unspecified atom stereocenters. The van der Waals surface area contributed by atoms with Gasteiger partial charge in [0.1, 0.15) is 0 Å². The van der Waals surface area contributed by atoms with Gasteiger partial charge in [-0.2, -0.15) is 0 Å². The monoisotopic (exact) mass is 211 g/mol. The van der Waals surface area contributed by atoms with Crippen LogP contribution in [0.5, 0.6) is 0 Å². The molecule has 1 heterocycles. The Morgan fingerprint density at radius 2 is 2.13 bits per heavy atom. The van der Waals surface area contributed by atoms with E-state index in [1.807, 2.05) is 4.90 Å². The highest BCUT2D eigenvalue weighted by molar-refractivity contribution is 5.76. The Kier molecular flexibility index (Phi) is 3.29. The molecule has 0 radical (unpaired) electrons. The first kappa shape index (κ1) is 10.9. The Bertz CT molecular complexity index is 238. The van der Waals surface area contributed by atoms with Crippen LogP contribution in [0.15, 0.2) is 0 Å². The molecule has 2 atom stereocenters. The van der Waals surface area contributed by atoms with Crippen LogP contribution in [-0.4, -0.2) is 35.1 Å². The molecule has 1 saturated heterocycles. The van der Waals surface area contributed by atoms with Crippen molar-refractivity contribution in [3.63, 3.8) is 0 Å². The summed E-state index contributed by atoms with van der Waals surface area (Å²) < 4.78 is 0. The van der Waals surface area contributed by atoms with Gasteiger partial charge in [0, 0.05) is 19.5 Å². The lowest BCUT2D eigenvalue weighted by atomic mass is 9.82. The van der Waals surface area contributed by atoms with Gasteiger partial charge in [0.05, 0.1) is 6.10 Å². The van der Waals surface area contributed by atoms with Crippen molar-refractivity contribution in [1.82, 2.24) is 4.90 Å². The molecule has 0 aromatic heterocycles. The van der Waals surface area contributed by atoms with Gasteiger partial charge in [0.25, 0.3) is 0 Å². The fourth-order valence-corrected chi connectivity index (χ4v) is 2.35. The molecule has 3 nitrogen and oxygen atoms in total. The van der Waals surface area contributed by atoms with Gasteiger partial charge in [-0.15, -0.1) is 0 Å². The average Bonchev–Trinajstić information content (AvgIpc) is 2.15. The number of carbonyl (C=O) groups excluding carboxylic acids is 1. The standard InChI is InChI=1S/C12H21NO2/c1-9-5-6-13(8-11(9)14)12(15)7-10-3-2-4-10/h9-11,14H,2-8H2,1H3. The molecule has 2 fully saturated rings. The molecule has 1 aliphatic heterocycles. The molecule has 0 bridgehead atoms. The van der Waals surface area contributed by atoms with Gasteiger partial charge >= 0.3 is 0 Å². The maximum Gasteiger partial charge on any atom is 0.222 e. The van der Waals surface area contributed by atoms with Crippen molar-refractivity contribution >= 4 is 5.91 Å². The van der Waals surface area contributed by atoms with E-state index in [9.17, 15) is 9.90 Å². The van der Waals surface area contributed by atoms with E-state index in [0.717, 1.165) is 13.0 Å². The number of rotatable bonds is 2. The quantitative estimate of drug-likeness (QED) is 0.750. The van der Waals surface area contributed by atoms with Crippen molar-refractivity contribution in [3.05, 3.63) is 0 Å². The molecule has 2 aliphatic rings. The van der Waals surface area contributed by atoms with Gasteiger partial charge < -0.3 is 10.0 Å². The van der Waals surface area contributed by atoms with Gasteiger partial charge in [0.2, 0.25) is 5.91 Å². The Balaban J connectivity index is 1.79. The summed E-state index contributed by atoms with van der Waals surface area (Å²) in [7, 11) is 0. The van der Waals surface area contributed by atoms with Crippen molar-refractivity contribution < 1.29 is 9.90 Å². The zero-order chi connectivity index (χ0) is 10.8. The maximum absolute atomic E-state index is 11.9. The van der Waals surface area contributed by atoms with Gasteiger partial charge in [-0.25, -0.2) is 0 Å². The van der Waals surface area contributed by atoms with E-state index in [0.29, 0.717) is 24.8 Å². The van der Waals surface area contributed by atoms with E-state index < -0.39 is 0 Å². The summed E-state index contributed by atoms with van der Waals surface area (Å²) in [5.74, 6) is 1.23. The fourth-order valence-electron chi connectivity index (χ4n) is 2.35. The fraction of sp³-hybridized carbons (Fsp3) is 0.917. The summed E-state index contributed by atoms with van der Waals surface area (Å²) in [6.07, 6.45) is 5.07. The second kappa shape index (κ2) is 4.52. The van der Waals surface area contributed by atoms with Crippen LogP contribution in [0.25, 0.3) is 0 Å². The third-order valence-corrected chi connectivity index (χ3v) is 3.96. The molecular formula is C12H21NO2. The van der Waals surface area contributed by atoms with E-state index in [1.54, 1.807) is 0 Å². The Morgan fingerprint density at radius 1 is 1.40 bits per heavy atom. The SMILES string of the molecule is CC1CCN(C(=O)CC2CCC2)CC1O. The van der Waals surface area contributed by atoms with E-state index in [2.05, 4.69) is 6.92 Å². The van der Waals surface area contributed by atoms with Gasteiger partial charge in [-0.05, 0) is 31.1 Å². The molecule has 3 heteroatoms. The highest BCUT2D eigenvalue weighted by atomic mass is 16.3. The van der Waals surface area contributed by atoms with E-state index >= 15 is 0 Å². The van der Waals surface area contributed by atoms with Crippen LogP contribution in [0.3, 0.4) is 0 Å². The number of carbonyl (C=O) groups is 1. The number of hydrogen-bond acceptors (Lipinski definition) is 2. The number of likely N-dealkylation sites (tertiary alicyclic amines) is 1. The number of β-amino-alcohol motifs (C(OH)–C–C–N with tert-alkyl or cyclic N) is 1.